The van der Waals surface area contributed by atoms with Crippen LogP contribution >= 0.6 is 0 Å². The lowest BCUT2D eigenvalue weighted by atomic mass is 9.98. The number of rotatable bonds is 3. The molecule has 3 heterocycles. The largest absolute Gasteiger partial charge is 0.394 e. The zero-order valence-corrected chi connectivity index (χ0v) is 13.4. The van der Waals surface area contributed by atoms with Gasteiger partial charge in [0.2, 0.25) is 5.91 Å². The Hall–Kier alpha value is -1.58. The van der Waals surface area contributed by atoms with Crippen molar-refractivity contribution >= 4 is 5.91 Å². The number of hydrogen-bond donors (Lipinski definition) is 4. The topological polar surface area (TPSA) is 114 Å². The van der Waals surface area contributed by atoms with Gasteiger partial charge < -0.3 is 30.1 Å². The normalized spacial score (nSPS) is 37.0. The van der Waals surface area contributed by atoms with Gasteiger partial charge in [-0.3, -0.25) is 4.79 Å². The molecule has 24 heavy (non-hydrogen) atoms. The molecule has 6 atom stereocenters. The molecule has 0 bridgehead atoms. The zero-order chi connectivity index (χ0) is 17.4. The molecule has 2 aliphatic rings. The summed E-state index contributed by atoms with van der Waals surface area (Å²) in [6.07, 6.45) is -1.41. The summed E-state index contributed by atoms with van der Waals surface area (Å²) < 4.78 is 7.15. The van der Waals surface area contributed by atoms with Crippen LogP contribution in [0.25, 0.3) is 0 Å². The second kappa shape index (κ2) is 6.73. The number of ether oxygens (including phenoxy) is 1. The predicted molar refractivity (Wildman–Crippen MR) is 80.4 cm³/mol. The quantitative estimate of drug-likeness (QED) is 0.485. The summed E-state index contributed by atoms with van der Waals surface area (Å²) in [5.41, 5.74) is 0.891. The minimum absolute atomic E-state index is 0.0464. The van der Waals surface area contributed by atoms with Crippen molar-refractivity contribution in [3.63, 3.8) is 0 Å². The number of nitrogens with zero attached hydrogens (tertiary/aromatic N) is 2. The number of amides is 1. The molecule has 1 aromatic heterocycles. The van der Waals surface area contributed by atoms with Gasteiger partial charge in [0.15, 0.2) is 18.5 Å². The van der Waals surface area contributed by atoms with Crippen LogP contribution in [0.1, 0.15) is 30.7 Å². The molecule has 2 saturated heterocycles. The van der Waals surface area contributed by atoms with E-state index in [0.29, 0.717) is 12.8 Å². The standard InChI is InChI=1S/C16H23N2O6/c1-17-10(4-5-12(17)20)9-3-2-6-18(7-9)16-15(23)14(22)13(21)11(8-19)24-16/h2-3,6-7,10-11,13-16,19,21-23H,4-5,8H2,1H3/q+1/t10-,11-,13+,14-,15-,16+/m0/s1. The van der Waals surface area contributed by atoms with Crippen LogP contribution in [-0.2, 0) is 9.53 Å². The Morgan fingerprint density at radius 2 is 2.04 bits per heavy atom. The summed E-state index contributed by atoms with van der Waals surface area (Å²) in [4.78, 5) is 13.4. The maximum absolute atomic E-state index is 11.7. The molecular weight excluding hydrogens is 316 g/mol. The third-order valence-electron chi connectivity index (χ3n) is 4.88. The van der Waals surface area contributed by atoms with Crippen molar-refractivity contribution in [1.82, 2.24) is 4.90 Å². The van der Waals surface area contributed by atoms with Crippen molar-refractivity contribution in [3.8, 4) is 0 Å². The van der Waals surface area contributed by atoms with Crippen LogP contribution in [0.4, 0.5) is 0 Å². The van der Waals surface area contributed by atoms with Crippen LogP contribution in [0.5, 0.6) is 0 Å². The molecule has 8 heteroatoms. The van der Waals surface area contributed by atoms with Crippen molar-refractivity contribution in [2.45, 2.75) is 49.5 Å². The fraction of sp³-hybridized carbons (Fsp3) is 0.625. The number of hydrogen-bond acceptors (Lipinski definition) is 6. The molecule has 3 rings (SSSR count). The summed E-state index contributed by atoms with van der Waals surface area (Å²) in [6, 6.07) is 3.61. The molecule has 2 fully saturated rings. The van der Waals surface area contributed by atoms with E-state index >= 15 is 0 Å². The van der Waals surface area contributed by atoms with Crippen LogP contribution in [-0.4, -0.2) is 69.3 Å². The Morgan fingerprint density at radius 1 is 1.29 bits per heavy atom. The van der Waals surface area contributed by atoms with E-state index in [1.165, 1.54) is 0 Å². The lowest BCUT2D eigenvalue weighted by Gasteiger charge is -2.36. The van der Waals surface area contributed by atoms with Gasteiger partial charge in [-0.2, -0.15) is 4.57 Å². The minimum atomic E-state index is -1.42. The second-order valence-corrected chi connectivity index (χ2v) is 6.36. The first-order valence-electron chi connectivity index (χ1n) is 8.01. The summed E-state index contributed by atoms with van der Waals surface area (Å²) >= 11 is 0. The second-order valence-electron chi connectivity index (χ2n) is 6.36. The first-order valence-corrected chi connectivity index (χ1v) is 8.01. The molecule has 1 aromatic rings. The van der Waals surface area contributed by atoms with E-state index in [1.807, 2.05) is 6.07 Å². The minimum Gasteiger partial charge on any atom is -0.394 e. The molecule has 0 unspecified atom stereocenters. The number of carbonyl (C=O) groups excluding carboxylic acids is 1. The molecule has 0 aromatic carbocycles. The van der Waals surface area contributed by atoms with Crippen LogP contribution in [0.2, 0.25) is 0 Å². The van der Waals surface area contributed by atoms with Gasteiger partial charge in [0.25, 0.3) is 6.23 Å². The van der Waals surface area contributed by atoms with Gasteiger partial charge in [0.1, 0.15) is 18.3 Å². The lowest BCUT2D eigenvalue weighted by molar-refractivity contribution is -0.778. The highest BCUT2D eigenvalue weighted by Crippen LogP contribution is 2.31. The SMILES string of the molecule is CN1C(=O)CC[C@H]1c1ccc[n+]([C@@H]2O[C@@H](CO)[C@@H](O)[C@H](O)[C@@H]2O)c1. The van der Waals surface area contributed by atoms with Gasteiger partial charge in [-0.1, -0.05) is 0 Å². The third-order valence-corrected chi connectivity index (χ3v) is 4.88. The molecule has 0 radical (unpaired) electrons. The van der Waals surface area contributed by atoms with Crippen molar-refractivity contribution < 1.29 is 34.5 Å². The van der Waals surface area contributed by atoms with E-state index in [2.05, 4.69) is 0 Å². The number of aliphatic hydroxyl groups excluding tert-OH is 4. The molecule has 0 spiro atoms. The molecule has 0 aliphatic carbocycles. The third kappa shape index (κ3) is 2.91. The monoisotopic (exact) mass is 339 g/mol. The average Bonchev–Trinajstić information content (AvgIpc) is 2.92. The average molecular weight is 339 g/mol. The first-order chi connectivity index (χ1) is 11.4. The first kappa shape index (κ1) is 17.2. The summed E-state index contributed by atoms with van der Waals surface area (Å²) in [5, 5.41) is 39.3. The lowest BCUT2D eigenvalue weighted by Crippen LogP contribution is -2.62. The Morgan fingerprint density at radius 3 is 2.67 bits per heavy atom. The van der Waals surface area contributed by atoms with Crippen molar-refractivity contribution in [3.05, 3.63) is 30.1 Å². The summed E-state index contributed by atoms with van der Waals surface area (Å²) in [6.45, 7) is -0.471. The van der Waals surface area contributed by atoms with E-state index in [-0.39, 0.29) is 11.9 Å². The number of aliphatic hydroxyl groups is 4. The maximum atomic E-state index is 11.7. The highest BCUT2D eigenvalue weighted by Gasteiger charge is 2.48. The van der Waals surface area contributed by atoms with Crippen molar-refractivity contribution in [1.29, 1.82) is 0 Å². The van der Waals surface area contributed by atoms with E-state index in [1.54, 1.807) is 35.0 Å². The number of pyridine rings is 1. The molecule has 4 N–H and O–H groups in total. The highest BCUT2D eigenvalue weighted by molar-refractivity contribution is 5.78. The molecular formula is C16H23N2O6+. The van der Waals surface area contributed by atoms with Gasteiger partial charge in [0.05, 0.1) is 12.6 Å². The molecule has 0 saturated carbocycles. The predicted octanol–water partition coefficient (Wildman–Crippen LogP) is -1.76. The van der Waals surface area contributed by atoms with Gasteiger partial charge in [0, 0.05) is 25.1 Å². The number of likely N-dealkylation sites (tertiary alicyclic amines) is 1. The van der Waals surface area contributed by atoms with Crippen LogP contribution in [0, 0.1) is 0 Å². The van der Waals surface area contributed by atoms with Crippen LogP contribution in [0.15, 0.2) is 24.5 Å². The Bertz CT molecular complexity index is 610. The number of carbonyl (C=O) groups is 1. The fourth-order valence-electron chi connectivity index (χ4n) is 3.39. The van der Waals surface area contributed by atoms with E-state index < -0.39 is 37.3 Å². The summed E-state index contributed by atoms with van der Waals surface area (Å²) in [7, 11) is 1.76. The molecule has 132 valence electrons. The highest BCUT2D eigenvalue weighted by atomic mass is 16.6. The zero-order valence-electron chi connectivity index (χ0n) is 13.4. The Labute approximate surface area is 139 Å². The molecule has 2 aliphatic heterocycles. The van der Waals surface area contributed by atoms with Crippen LogP contribution < -0.4 is 4.57 Å². The fourth-order valence-corrected chi connectivity index (χ4v) is 3.39. The van der Waals surface area contributed by atoms with Crippen molar-refractivity contribution in [2.75, 3.05) is 13.7 Å². The molecule has 1 amide bonds. The van der Waals surface area contributed by atoms with Crippen LogP contribution in [0.3, 0.4) is 0 Å². The van der Waals surface area contributed by atoms with E-state index in [4.69, 9.17) is 4.74 Å². The van der Waals surface area contributed by atoms with Gasteiger partial charge in [-0.05, 0) is 12.5 Å². The Kier molecular flexibility index (Phi) is 4.84. The molecule has 8 nitrogen and oxygen atoms in total. The van der Waals surface area contributed by atoms with Crippen molar-refractivity contribution in [2.24, 2.45) is 0 Å². The Balaban J connectivity index is 1.87. The van der Waals surface area contributed by atoms with Gasteiger partial charge >= 0.3 is 0 Å². The van der Waals surface area contributed by atoms with E-state index in [9.17, 15) is 25.2 Å². The number of aromatic nitrogens is 1. The van der Waals surface area contributed by atoms with E-state index in [0.717, 1.165) is 5.56 Å². The van der Waals surface area contributed by atoms with Gasteiger partial charge in [-0.25, -0.2) is 0 Å². The summed E-state index contributed by atoms with van der Waals surface area (Å²) in [5.74, 6) is 0.0863. The maximum Gasteiger partial charge on any atom is 0.292 e. The van der Waals surface area contributed by atoms with Gasteiger partial charge in [-0.15, -0.1) is 0 Å². The smallest absolute Gasteiger partial charge is 0.292 e.